The third-order valence-electron chi connectivity index (χ3n) is 6.31. The van der Waals surface area contributed by atoms with Crippen molar-refractivity contribution in [3.8, 4) is 11.5 Å². The zero-order chi connectivity index (χ0) is 23.5. The molecule has 0 bridgehead atoms. The van der Waals surface area contributed by atoms with Gasteiger partial charge in [0.25, 0.3) is 5.79 Å². The summed E-state index contributed by atoms with van der Waals surface area (Å²) in [5, 5.41) is 12.6. The number of nitrogens with one attached hydrogen (secondary N) is 1. The topological polar surface area (TPSA) is 90.7 Å². The Morgan fingerprint density at radius 2 is 1.88 bits per heavy atom. The molecule has 1 aromatic heterocycles. The molecule has 3 heterocycles. The van der Waals surface area contributed by atoms with Crippen LogP contribution in [0.1, 0.15) is 46.0 Å². The van der Waals surface area contributed by atoms with Gasteiger partial charge in [-0.05, 0) is 30.9 Å². The number of fused-ring (bicyclic) bond motifs is 1. The van der Waals surface area contributed by atoms with E-state index < -0.39 is 5.79 Å². The van der Waals surface area contributed by atoms with Gasteiger partial charge in [-0.15, -0.1) is 10.2 Å². The highest BCUT2D eigenvalue weighted by Crippen LogP contribution is 2.46. The number of ether oxygens (including phenoxy) is 3. The van der Waals surface area contributed by atoms with E-state index in [0.717, 1.165) is 62.2 Å². The molecule has 0 unspecified atom stereocenters. The van der Waals surface area contributed by atoms with Crippen molar-refractivity contribution in [3.05, 3.63) is 18.2 Å². The van der Waals surface area contributed by atoms with Gasteiger partial charge in [0.05, 0.1) is 19.0 Å². The molecular weight excluding hydrogens is 454 g/mol. The van der Waals surface area contributed by atoms with E-state index in [-0.39, 0.29) is 11.7 Å². The van der Waals surface area contributed by atoms with E-state index in [9.17, 15) is 4.79 Å². The van der Waals surface area contributed by atoms with E-state index >= 15 is 0 Å². The van der Waals surface area contributed by atoms with Crippen molar-refractivity contribution >= 4 is 29.3 Å². The van der Waals surface area contributed by atoms with Gasteiger partial charge in [0.15, 0.2) is 16.7 Å². The summed E-state index contributed by atoms with van der Waals surface area (Å²) in [5.74, 6) is 2.39. The summed E-state index contributed by atoms with van der Waals surface area (Å²) < 4.78 is 19.9. The molecule has 1 aromatic carbocycles. The second kappa shape index (κ2) is 10.0. The number of amides is 1. The van der Waals surface area contributed by atoms with Gasteiger partial charge < -0.3 is 24.4 Å². The summed E-state index contributed by atoms with van der Waals surface area (Å²) in [6.07, 6.45) is 5.27. The van der Waals surface area contributed by atoms with Crippen LogP contribution in [0.3, 0.4) is 0 Å². The third kappa shape index (κ3) is 5.12. The number of hydrogen-bond donors (Lipinski definition) is 1. The SMILES string of the molecule is CC(C)Cn1c(SCC(=O)Nc2ccc3c(c2)OC2(CCCCC2)O3)nnc1N1CCOCC1. The first-order valence-electron chi connectivity index (χ1n) is 12.2. The quantitative estimate of drug-likeness (QED) is 0.588. The van der Waals surface area contributed by atoms with Gasteiger partial charge in [0.2, 0.25) is 11.9 Å². The maximum Gasteiger partial charge on any atom is 0.251 e. The number of hydrogen-bond acceptors (Lipinski definition) is 8. The molecule has 10 heteroatoms. The van der Waals surface area contributed by atoms with Crippen molar-refractivity contribution in [1.29, 1.82) is 0 Å². The lowest BCUT2D eigenvalue weighted by atomic mass is 9.94. The van der Waals surface area contributed by atoms with Crippen LogP contribution < -0.4 is 19.7 Å². The molecule has 2 aliphatic heterocycles. The predicted molar refractivity (Wildman–Crippen MR) is 131 cm³/mol. The van der Waals surface area contributed by atoms with Crippen LogP contribution in [0.15, 0.2) is 23.4 Å². The number of thioether (sulfide) groups is 1. The maximum absolute atomic E-state index is 12.7. The van der Waals surface area contributed by atoms with Crippen LogP contribution in [0.25, 0.3) is 0 Å². The average molecular weight is 488 g/mol. The summed E-state index contributed by atoms with van der Waals surface area (Å²) in [5.41, 5.74) is 0.707. The molecule has 0 atom stereocenters. The van der Waals surface area contributed by atoms with Crippen molar-refractivity contribution in [2.75, 3.05) is 42.3 Å². The number of morpholine rings is 1. The standard InChI is InChI=1S/C24H33N5O4S/c1-17(2)15-29-22(28-10-12-31-13-11-28)26-27-23(29)34-16-21(30)25-18-6-7-19-20(14-18)33-24(32-19)8-4-3-5-9-24/h6-7,14,17H,3-5,8-13,15-16H2,1-2H3,(H,25,30). The van der Waals surface area contributed by atoms with E-state index in [1.165, 1.54) is 18.2 Å². The molecule has 1 N–H and O–H groups in total. The Hall–Kier alpha value is -2.46. The molecular formula is C24H33N5O4S. The van der Waals surface area contributed by atoms with E-state index in [0.29, 0.717) is 30.6 Å². The molecule has 1 saturated heterocycles. The molecule has 34 heavy (non-hydrogen) atoms. The molecule has 1 amide bonds. The molecule has 1 aliphatic carbocycles. The van der Waals surface area contributed by atoms with Crippen LogP contribution in [0.2, 0.25) is 0 Å². The van der Waals surface area contributed by atoms with Gasteiger partial charge in [-0.1, -0.05) is 32.0 Å². The Morgan fingerprint density at radius 1 is 1.12 bits per heavy atom. The van der Waals surface area contributed by atoms with Crippen LogP contribution in [0.4, 0.5) is 11.6 Å². The van der Waals surface area contributed by atoms with Crippen LogP contribution in [-0.2, 0) is 16.1 Å². The Bertz CT molecular complexity index is 1010. The Morgan fingerprint density at radius 3 is 2.65 bits per heavy atom. The molecule has 184 valence electrons. The second-order valence-corrected chi connectivity index (χ2v) is 10.5. The van der Waals surface area contributed by atoms with E-state index in [2.05, 4.69) is 38.8 Å². The zero-order valence-electron chi connectivity index (χ0n) is 19.9. The Balaban J connectivity index is 1.21. The van der Waals surface area contributed by atoms with Crippen LogP contribution in [0.5, 0.6) is 11.5 Å². The van der Waals surface area contributed by atoms with Crippen LogP contribution in [0, 0.1) is 5.92 Å². The minimum absolute atomic E-state index is 0.0942. The van der Waals surface area contributed by atoms with E-state index in [4.69, 9.17) is 14.2 Å². The Kier molecular flexibility index (Phi) is 6.87. The normalized spacial score (nSPS) is 19.1. The number of rotatable bonds is 7. The predicted octanol–water partition coefficient (Wildman–Crippen LogP) is 3.93. The van der Waals surface area contributed by atoms with Gasteiger partial charge in [0.1, 0.15) is 0 Å². The first-order chi connectivity index (χ1) is 16.5. The molecule has 9 nitrogen and oxygen atoms in total. The largest absolute Gasteiger partial charge is 0.448 e. The van der Waals surface area contributed by atoms with Gasteiger partial charge >= 0.3 is 0 Å². The summed E-state index contributed by atoms with van der Waals surface area (Å²) in [4.78, 5) is 14.9. The zero-order valence-corrected chi connectivity index (χ0v) is 20.7. The fraction of sp³-hybridized carbons (Fsp3) is 0.625. The minimum Gasteiger partial charge on any atom is -0.448 e. The monoisotopic (exact) mass is 487 g/mol. The van der Waals surface area contributed by atoms with E-state index in [1.54, 1.807) is 0 Å². The van der Waals surface area contributed by atoms with Crippen molar-refractivity contribution in [2.45, 2.75) is 63.4 Å². The van der Waals surface area contributed by atoms with Crippen molar-refractivity contribution < 1.29 is 19.0 Å². The second-order valence-electron chi connectivity index (χ2n) is 9.56. The molecule has 2 aromatic rings. The summed E-state index contributed by atoms with van der Waals surface area (Å²) in [6.45, 7) is 8.11. The molecule has 1 spiro atoms. The first kappa shape index (κ1) is 23.3. The van der Waals surface area contributed by atoms with Gasteiger partial charge in [-0.3, -0.25) is 9.36 Å². The van der Waals surface area contributed by atoms with Crippen molar-refractivity contribution in [2.24, 2.45) is 5.92 Å². The number of anilines is 2. The lowest BCUT2D eigenvalue weighted by molar-refractivity contribution is -0.113. The highest BCUT2D eigenvalue weighted by atomic mass is 32.2. The van der Waals surface area contributed by atoms with Crippen LogP contribution in [-0.4, -0.2) is 58.5 Å². The molecule has 5 rings (SSSR count). The smallest absolute Gasteiger partial charge is 0.251 e. The summed E-state index contributed by atoms with van der Waals surface area (Å²) >= 11 is 1.41. The first-order valence-corrected chi connectivity index (χ1v) is 13.2. The summed E-state index contributed by atoms with van der Waals surface area (Å²) in [6, 6.07) is 5.61. The average Bonchev–Trinajstić information content (AvgIpc) is 3.38. The number of nitrogens with zero attached hydrogens (tertiary/aromatic N) is 4. The van der Waals surface area contributed by atoms with Gasteiger partial charge in [-0.2, -0.15) is 0 Å². The fourth-order valence-electron chi connectivity index (χ4n) is 4.70. The molecule has 2 fully saturated rings. The summed E-state index contributed by atoms with van der Waals surface area (Å²) in [7, 11) is 0. The maximum atomic E-state index is 12.7. The molecule has 0 radical (unpaired) electrons. The molecule has 1 saturated carbocycles. The van der Waals surface area contributed by atoms with Gasteiger partial charge in [-0.25, -0.2) is 0 Å². The van der Waals surface area contributed by atoms with E-state index in [1.807, 2.05) is 18.2 Å². The number of benzene rings is 1. The molecule has 3 aliphatic rings. The lowest BCUT2D eigenvalue weighted by Gasteiger charge is -2.31. The van der Waals surface area contributed by atoms with Crippen molar-refractivity contribution in [1.82, 2.24) is 14.8 Å². The van der Waals surface area contributed by atoms with Gasteiger partial charge in [0, 0.05) is 44.2 Å². The number of carbonyl (C=O) groups excluding carboxylic acids is 1. The Labute approximate surface area is 204 Å². The number of carbonyl (C=O) groups is 1. The highest BCUT2D eigenvalue weighted by molar-refractivity contribution is 7.99. The number of aromatic nitrogens is 3. The highest BCUT2D eigenvalue weighted by Gasteiger charge is 2.42. The minimum atomic E-state index is -0.516. The van der Waals surface area contributed by atoms with Crippen molar-refractivity contribution in [3.63, 3.8) is 0 Å². The lowest BCUT2D eigenvalue weighted by Crippen LogP contribution is -2.40. The fourth-order valence-corrected chi connectivity index (χ4v) is 5.45. The van der Waals surface area contributed by atoms with Crippen LogP contribution >= 0.6 is 11.8 Å². The third-order valence-corrected chi connectivity index (χ3v) is 7.27.